The Morgan fingerprint density at radius 2 is 1.78 bits per heavy atom. The fourth-order valence-corrected chi connectivity index (χ4v) is 1.84. The molecule has 0 aromatic heterocycles. The summed E-state index contributed by atoms with van der Waals surface area (Å²) >= 11 is 0. The minimum Gasteiger partial charge on any atom is -0.494 e. The van der Waals surface area contributed by atoms with Crippen LogP contribution in [0.15, 0.2) is 24.3 Å². The lowest BCUT2D eigenvalue weighted by Crippen LogP contribution is -2.07. The third-order valence-corrected chi connectivity index (χ3v) is 3.48. The molecular formula is C16H26O2. The van der Waals surface area contributed by atoms with Crippen LogP contribution in [0.4, 0.5) is 0 Å². The van der Waals surface area contributed by atoms with Crippen molar-refractivity contribution in [3.8, 4) is 5.75 Å². The minimum absolute atomic E-state index is 0.179. The average molecular weight is 250 g/mol. The number of rotatable bonds is 8. The molecule has 1 aromatic carbocycles. The Hall–Kier alpha value is -1.02. The monoisotopic (exact) mass is 250 g/mol. The summed E-state index contributed by atoms with van der Waals surface area (Å²) in [6.07, 6.45) is 3.53. The average Bonchev–Trinajstić information content (AvgIpc) is 2.43. The summed E-state index contributed by atoms with van der Waals surface area (Å²) in [5.41, 5.74) is 1.37. The molecule has 0 amide bonds. The zero-order chi connectivity index (χ0) is 13.4. The second kappa shape index (κ2) is 8.15. The maximum Gasteiger partial charge on any atom is 0.119 e. The summed E-state index contributed by atoms with van der Waals surface area (Å²) in [5, 5.41) is 9.42. The second-order valence-electron chi connectivity index (χ2n) is 4.93. The largest absolute Gasteiger partial charge is 0.494 e. The second-order valence-corrected chi connectivity index (χ2v) is 4.93. The van der Waals surface area contributed by atoms with Crippen LogP contribution in [0.2, 0.25) is 0 Å². The molecule has 1 aromatic rings. The predicted molar refractivity (Wildman–Crippen MR) is 76.2 cm³/mol. The Labute approximate surface area is 111 Å². The lowest BCUT2D eigenvalue weighted by atomic mass is 9.99. The summed E-state index contributed by atoms with van der Waals surface area (Å²) in [4.78, 5) is 0. The molecule has 0 aliphatic heterocycles. The van der Waals surface area contributed by atoms with Crippen molar-refractivity contribution < 1.29 is 9.84 Å². The van der Waals surface area contributed by atoms with Crippen LogP contribution in [0.25, 0.3) is 0 Å². The van der Waals surface area contributed by atoms with Crippen LogP contribution >= 0.6 is 0 Å². The van der Waals surface area contributed by atoms with Gasteiger partial charge in [0.05, 0.1) is 12.7 Å². The summed E-state index contributed by atoms with van der Waals surface area (Å²) in [7, 11) is 0. The van der Waals surface area contributed by atoms with E-state index < -0.39 is 0 Å². The van der Waals surface area contributed by atoms with Crippen LogP contribution in [0.3, 0.4) is 0 Å². The Bertz CT molecular complexity index is 318. The Morgan fingerprint density at radius 1 is 1.11 bits per heavy atom. The highest BCUT2D eigenvalue weighted by Crippen LogP contribution is 2.21. The summed E-state index contributed by atoms with van der Waals surface area (Å²) in [5.74, 6) is 1.53. The van der Waals surface area contributed by atoms with Gasteiger partial charge >= 0.3 is 0 Å². The molecule has 2 atom stereocenters. The van der Waals surface area contributed by atoms with Gasteiger partial charge in [-0.3, -0.25) is 0 Å². The van der Waals surface area contributed by atoms with Crippen molar-refractivity contribution >= 4 is 0 Å². The van der Waals surface area contributed by atoms with Gasteiger partial charge in [0.2, 0.25) is 0 Å². The third kappa shape index (κ3) is 5.09. The molecule has 0 saturated heterocycles. The van der Waals surface area contributed by atoms with E-state index in [0.29, 0.717) is 12.5 Å². The first-order valence-corrected chi connectivity index (χ1v) is 7.08. The van der Waals surface area contributed by atoms with E-state index in [1.807, 2.05) is 19.1 Å². The molecule has 2 unspecified atom stereocenters. The van der Waals surface area contributed by atoms with Crippen LogP contribution in [-0.2, 0) is 0 Å². The zero-order valence-corrected chi connectivity index (χ0v) is 11.9. The van der Waals surface area contributed by atoms with E-state index in [9.17, 15) is 5.11 Å². The number of aliphatic hydroxyl groups is 1. The van der Waals surface area contributed by atoms with Crippen molar-refractivity contribution in [1.29, 1.82) is 0 Å². The lowest BCUT2D eigenvalue weighted by Gasteiger charge is -2.11. The maximum absolute atomic E-state index is 9.42. The molecule has 18 heavy (non-hydrogen) atoms. The highest BCUT2D eigenvalue weighted by Gasteiger charge is 2.03. The van der Waals surface area contributed by atoms with Gasteiger partial charge in [0.25, 0.3) is 0 Å². The summed E-state index contributed by atoms with van der Waals surface area (Å²) in [6.45, 7) is 7.12. The van der Waals surface area contributed by atoms with Crippen LogP contribution < -0.4 is 4.74 Å². The molecule has 0 aliphatic rings. The minimum atomic E-state index is -0.179. The molecule has 0 fully saturated rings. The standard InChI is InChI=1S/C16H26O2/c1-4-13(3)14-8-10-16(11-9-14)18-12-6-7-15(17)5-2/h8-11,13,15,17H,4-7,12H2,1-3H3. The third-order valence-electron chi connectivity index (χ3n) is 3.48. The fraction of sp³-hybridized carbons (Fsp3) is 0.625. The Balaban J connectivity index is 2.31. The molecular weight excluding hydrogens is 224 g/mol. The number of aliphatic hydroxyl groups excluding tert-OH is 1. The van der Waals surface area contributed by atoms with Gasteiger partial charge in [0.15, 0.2) is 0 Å². The molecule has 2 heteroatoms. The SMILES string of the molecule is CCC(O)CCCOc1ccc(C(C)CC)cc1. The smallest absolute Gasteiger partial charge is 0.119 e. The first-order valence-electron chi connectivity index (χ1n) is 7.08. The molecule has 0 spiro atoms. The van der Waals surface area contributed by atoms with Crippen LogP contribution in [-0.4, -0.2) is 17.8 Å². The molecule has 102 valence electrons. The number of hydrogen-bond acceptors (Lipinski definition) is 2. The van der Waals surface area contributed by atoms with Crippen molar-refractivity contribution in [1.82, 2.24) is 0 Å². The molecule has 0 bridgehead atoms. The molecule has 2 nitrogen and oxygen atoms in total. The van der Waals surface area contributed by atoms with E-state index in [0.717, 1.165) is 31.4 Å². The van der Waals surface area contributed by atoms with Crippen molar-refractivity contribution in [2.75, 3.05) is 6.61 Å². The van der Waals surface area contributed by atoms with E-state index in [-0.39, 0.29) is 6.10 Å². The number of benzene rings is 1. The van der Waals surface area contributed by atoms with Gasteiger partial charge in [-0.15, -0.1) is 0 Å². The van der Waals surface area contributed by atoms with Gasteiger partial charge in [-0.25, -0.2) is 0 Å². The van der Waals surface area contributed by atoms with E-state index in [4.69, 9.17) is 4.74 Å². The van der Waals surface area contributed by atoms with E-state index in [1.54, 1.807) is 0 Å². The van der Waals surface area contributed by atoms with Crippen molar-refractivity contribution in [2.24, 2.45) is 0 Å². The van der Waals surface area contributed by atoms with Crippen LogP contribution in [0.1, 0.15) is 57.9 Å². The van der Waals surface area contributed by atoms with E-state index >= 15 is 0 Å². The fourth-order valence-electron chi connectivity index (χ4n) is 1.84. The van der Waals surface area contributed by atoms with Crippen LogP contribution in [0, 0.1) is 0 Å². The lowest BCUT2D eigenvalue weighted by molar-refractivity contribution is 0.149. The van der Waals surface area contributed by atoms with Gasteiger partial charge in [-0.05, 0) is 49.3 Å². The first kappa shape index (κ1) is 15.0. The topological polar surface area (TPSA) is 29.5 Å². The van der Waals surface area contributed by atoms with Gasteiger partial charge in [0.1, 0.15) is 5.75 Å². The molecule has 0 saturated carbocycles. The Kier molecular flexibility index (Phi) is 6.81. The Morgan fingerprint density at radius 3 is 2.33 bits per heavy atom. The van der Waals surface area contributed by atoms with Gasteiger partial charge in [-0.1, -0.05) is 32.9 Å². The number of hydrogen-bond donors (Lipinski definition) is 1. The zero-order valence-electron chi connectivity index (χ0n) is 11.9. The van der Waals surface area contributed by atoms with Crippen molar-refractivity contribution in [3.63, 3.8) is 0 Å². The van der Waals surface area contributed by atoms with Gasteiger partial charge in [-0.2, -0.15) is 0 Å². The molecule has 0 radical (unpaired) electrons. The molecule has 1 N–H and O–H groups in total. The van der Waals surface area contributed by atoms with Gasteiger partial charge in [0, 0.05) is 0 Å². The van der Waals surface area contributed by atoms with E-state index in [1.165, 1.54) is 5.56 Å². The highest BCUT2D eigenvalue weighted by atomic mass is 16.5. The van der Waals surface area contributed by atoms with Crippen LogP contribution in [0.5, 0.6) is 5.75 Å². The highest BCUT2D eigenvalue weighted by molar-refractivity contribution is 5.29. The first-order chi connectivity index (χ1) is 8.67. The van der Waals surface area contributed by atoms with Crippen molar-refractivity contribution in [2.45, 2.75) is 58.5 Å². The number of ether oxygens (including phenoxy) is 1. The normalized spacial score (nSPS) is 14.2. The maximum atomic E-state index is 9.42. The molecule has 0 heterocycles. The molecule has 1 rings (SSSR count). The predicted octanol–water partition coefficient (Wildman–Crippen LogP) is 4.13. The summed E-state index contributed by atoms with van der Waals surface area (Å²) < 4.78 is 5.66. The quantitative estimate of drug-likeness (QED) is 0.703. The van der Waals surface area contributed by atoms with Crippen molar-refractivity contribution in [3.05, 3.63) is 29.8 Å². The summed E-state index contributed by atoms with van der Waals surface area (Å²) in [6, 6.07) is 8.37. The molecule has 0 aliphatic carbocycles. The van der Waals surface area contributed by atoms with E-state index in [2.05, 4.69) is 26.0 Å². The van der Waals surface area contributed by atoms with Gasteiger partial charge < -0.3 is 9.84 Å².